The van der Waals surface area contributed by atoms with Gasteiger partial charge >= 0.3 is 0 Å². The van der Waals surface area contributed by atoms with Gasteiger partial charge in [0, 0.05) is 33.5 Å². The van der Waals surface area contributed by atoms with Crippen LogP contribution in [0.15, 0.2) is 0 Å². The quantitative estimate of drug-likeness (QED) is 0.618. The monoisotopic (exact) mass is 266 g/mol. The van der Waals surface area contributed by atoms with Crippen molar-refractivity contribution < 1.29 is 0 Å². The molecule has 2 fully saturated rings. The molecule has 2 heterocycles. The molecule has 0 saturated carbocycles. The topological polar surface area (TPSA) is 0 Å². The Labute approximate surface area is 105 Å². The van der Waals surface area contributed by atoms with Gasteiger partial charge in [-0.25, -0.2) is 0 Å². The molecule has 82 valence electrons. The predicted octanol–water partition coefficient (Wildman–Crippen LogP) is 3.32. The summed E-state index contributed by atoms with van der Waals surface area (Å²) in [6, 6.07) is 0. The van der Waals surface area contributed by atoms with E-state index in [9.17, 15) is 0 Å². The Morgan fingerprint density at radius 1 is 1.07 bits per heavy atom. The molecule has 0 bridgehead atoms. The van der Waals surface area contributed by atoms with E-state index < -0.39 is 0 Å². The van der Waals surface area contributed by atoms with Crippen molar-refractivity contribution in [2.75, 3.05) is 34.5 Å². The first kappa shape index (κ1) is 11.9. The summed E-state index contributed by atoms with van der Waals surface area (Å²) in [5.74, 6) is 9.32. The highest BCUT2D eigenvalue weighted by Gasteiger charge is 2.23. The molecule has 0 aromatic rings. The predicted molar refractivity (Wildman–Crippen MR) is 76.3 cm³/mol. The van der Waals surface area contributed by atoms with Gasteiger partial charge < -0.3 is 0 Å². The highest BCUT2D eigenvalue weighted by molar-refractivity contribution is 8.09. The van der Waals surface area contributed by atoms with Crippen LogP contribution in [0.4, 0.5) is 0 Å². The van der Waals surface area contributed by atoms with Crippen LogP contribution in [-0.4, -0.2) is 45.0 Å². The maximum Gasteiger partial charge on any atom is 0.0229 e. The maximum absolute atomic E-state index is 2.40. The van der Waals surface area contributed by atoms with Gasteiger partial charge in [0.05, 0.1) is 0 Å². The molecular weight excluding hydrogens is 248 g/mol. The van der Waals surface area contributed by atoms with Crippen molar-refractivity contribution in [2.24, 2.45) is 5.92 Å². The molecule has 0 aromatic heterocycles. The van der Waals surface area contributed by atoms with Crippen molar-refractivity contribution in [1.29, 1.82) is 0 Å². The van der Waals surface area contributed by atoms with Gasteiger partial charge in [-0.1, -0.05) is 6.92 Å². The number of rotatable bonds is 8. The highest BCUT2D eigenvalue weighted by atomic mass is 32.2. The first-order valence-electron chi connectivity index (χ1n) is 5.23. The highest BCUT2D eigenvalue weighted by Crippen LogP contribution is 2.35. The minimum absolute atomic E-state index is 0.914. The van der Waals surface area contributed by atoms with Crippen LogP contribution in [-0.2, 0) is 0 Å². The Bertz CT molecular complexity index is 148. The maximum atomic E-state index is 2.40. The molecule has 0 aliphatic carbocycles. The van der Waals surface area contributed by atoms with E-state index in [4.69, 9.17) is 0 Å². The SMILES string of the molecule is CC(CSCC1CS1)CSCC1CS1. The van der Waals surface area contributed by atoms with E-state index in [1.165, 1.54) is 34.5 Å². The summed E-state index contributed by atoms with van der Waals surface area (Å²) in [7, 11) is 0. The van der Waals surface area contributed by atoms with Crippen LogP contribution in [0.1, 0.15) is 6.92 Å². The van der Waals surface area contributed by atoms with E-state index in [1.54, 1.807) is 0 Å². The zero-order valence-corrected chi connectivity index (χ0v) is 11.9. The first-order chi connectivity index (χ1) is 6.84. The van der Waals surface area contributed by atoms with Crippen LogP contribution in [0, 0.1) is 5.92 Å². The smallest absolute Gasteiger partial charge is 0.0229 e. The van der Waals surface area contributed by atoms with Gasteiger partial charge in [-0.05, 0) is 17.4 Å². The summed E-state index contributed by atoms with van der Waals surface area (Å²) < 4.78 is 0. The molecule has 2 aliphatic rings. The Morgan fingerprint density at radius 3 is 1.86 bits per heavy atom. The van der Waals surface area contributed by atoms with Gasteiger partial charge in [0.15, 0.2) is 0 Å². The van der Waals surface area contributed by atoms with E-state index in [-0.39, 0.29) is 0 Å². The van der Waals surface area contributed by atoms with Crippen LogP contribution in [0.5, 0.6) is 0 Å². The first-order valence-corrected chi connectivity index (χ1v) is 9.64. The molecule has 14 heavy (non-hydrogen) atoms. The second-order valence-corrected chi connectivity index (χ2v) is 8.91. The Balaban J connectivity index is 1.38. The van der Waals surface area contributed by atoms with E-state index in [2.05, 4.69) is 54.0 Å². The van der Waals surface area contributed by atoms with Crippen LogP contribution < -0.4 is 0 Å². The van der Waals surface area contributed by atoms with Crippen molar-refractivity contribution in [2.45, 2.75) is 17.4 Å². The van der Waals surface area contributed by atoms with Gasteiger partial charge in [-0.2, -0.15) is 47.0 Å². The molecule has 2 aliphatic heterocycles. The third-order valence-electron chi connectivity index (χ3n) is 2.22. The number of hydrogen-bond donors (Lipinski definition) is 0. The summed E-state index contributed by atoms with van der Waals surface area (Å²) >= 11 is 8.58. The molecule has 0 spiro atoms. The lowest BCUT2D eigenvalue weighted by Gasteiger charge is -2.09. The van der Waals surface area contributed by atoms with Gasteiger partial charge in [0.25, 0.3) is 0 Å². The van der Waals surface area contributed by atoms with Crippen LogP contribution in [0.2, 0.25) is 0 Å². The van der Waals surface area contributed by atoms with Crippen LogP contribution in [0.25, 0.3) is 0 Å². The van der Waals surface area contributed by atoms with Crippen molar-refractivity contribution >= 4 is 47.0 Å². The Morgan fingerprint density at radius 2 is 1.50 bits per heavy atom. The zero-order valence-electron chi connectivity index (χ0n) is 8.61. The van der Waals surface area contributed by atoms with Gasteiger partial charge in [0.1, 0.15) is 0 Å². The molecule has 2 rings (SSSR count). The van der Waals surface area contributed by atoms with Gasteiger partial charge in [-0.15, -0.1) is 0 Å². The molecule has 2 saturated heterocycles. The summed E-state index contributed by atoms with van der Waals surface area (Å²) in [5, 5.41) is 2.03. The second-order valence-electron chi connectivity index (χ2n) is 4.09. The standard InChI is InChI=1S/C10H18S4/c1-8(2-11-4-9-6-13-9)3-12-5-10-7-14-10/h8-10H,2-7H2,1H3. The van der Waals surface area contributed by atoms with Crippen molar-refractivity contribution in [1.82, 2.24) is 0 Å². The van der Waals surface area contributed by atoms with Crippen molar-refractivity contribution in [3.63, 3.8) is 0 Å². The fourth-order valence-corrected chi connectivity index (χ4v) is 5.55. The van der Waals surface area contributed by atoms with Gasteiger partial charge in [-0.3, -0.25) is 0 Å². The Kier molecular flexibility index (Phi) is 5.27. The second kappa shape index (κ2) is 6.21. The van der Waals surface area contributed by atoms with Crippen molar-refractivity contribution in [3.05, 3.63) is 0 Å². The van der Waals surface area contributed by atoms with Gasteiger partial charge in [0.2, 0.25) is 0 Å². The fourth-order valence-electron chi connectivity index (χ4n) is 1.18. The molecule has 2 unspecified atom stereocenters. The van der Waals surface area contributed by atoms with E-state index in [0.29, 0.717) is 0 Å². The van der Waals surface area contributed by atoms with Crippen LogP contribution >= 0.6 is 47.0 Å². The lowest BCUT2D eigenvalue weighted by Crippen LogP contribution is -2.05. The third kappa shape index (κ3) is 5.47. The Hall–Kier alpha value is 1.40. The number of hydrogen-bond acceptors (Lipinski definition) is 4. The molecule has 2 atom stereocenters. The average Bonchev–Trinajstić information content (AvgIpc) is 2.99. The van der Waals surface area contributed by atoms with E-state index >= 15 is 0 Å². The molecule has 0 radical (unpaired) electrons. The number of thioether (sulfide) groups is 4. The summed E-state index contributed by atoms with van der Waals surface area (Å²) in [5.41, 5.74) is 0. The largest absolute Gasteiger partial charge is 0.161 e. The molecule has 4 heteroatoms. The zero-order chi connectivity index (χ0) is 9.80. The summed E-state index contributed by atoms with van der Waals surface area (Å²) in [4.78, 5) is 0. The minimum Gasteiger partial charge on any atom is -0.161 e. The third-order valence-corrected chi connectivity index (χ3v) is 7.47. The van der Waals surface area contributed by atoms with Crippen LogP contribution in [0.3, 0.4) is 0 Å². The lowest BCUT2D eigenvalue weighted by atomic mass is 10.3. The molecule has 0 aromatic carbocycles. The minimum atomic E-state index is 0.914. The molecule has 0 nitrogen and oxygen atoms in total. The molecule has 0 N–H and O–H groups in total. The average molecular weight is 267 g/mol. The van der Waals surface area contributed by atoms with Crippen molar-refractivity contribution in [3.8, 4) is 0 Å². The lowest BCUT2D eigenvalue weighted by molar-refractivity contribution is 0.764. The van der Waals surface area contributed by atoms with E-state index in [0.717, 1.165) is 16.4 Å². The molecule has 0 amide bonds. The normalized spacial score (nSPS) is 31.5. The van der Waals surface area contributed by atoms with E-state index in [1.807, 2.05) is 0 Å². The fraction of sp³-hybridized carbons (Fsp3) is 1.00. The summed E-state index contributed by atoms with van der Waals surface area (Å²) in [6.07, 6.45) is 0. The molecular formula is C10H18S4. The summed E-state index contributed by atoms with van der Waals surface area (Å²) in [6.45, 7) is 2.40.